The van der Waals surface area contributed by atoms with Crippen molar-refractivity contribution in [1.29, 1.82) is 0 Å². The van der Waals surface area contributed by atoms with E-state index in [1.165, 1.54) is 50.9 Å². The summed E-state index contributed by atoms with van der Waals surface area (Å²) in [5, 5.41) is 8.64. The van der Waals surface area contributed by atoms with Crippen molar-refractivity contribution < 1.29 is 4.74 Å². The van der Waals surface area contributed by atoms with Crippen molar-refractivity contribution in [3.8, 4) is 23.1 Å². The maximum Gasteiger partial charge on any atom is 0.219 e. The Bertz CT molecular complexity index is 1570. The predicted molar refractivity (Wildman–Crippen MR) is 151 cm³/mol. The lowest BCUT2D eigenvalue weighted by Gasteiger charge is -2.41. The molecule has 5 heterocycles. The molecule has 0 atom stereocenters. The Labute approximate surface area is 222 Å². The van der Waals surface area contributed by atoms with Crippen LogP contribution in [0.5, 0.6) is 11.6 Å². The molecule has 0 bridgehead atoms. The lowest BCUT2D eigenvalue weighted by atomic mass is 9.99. The molecule has 7 rings (SSSR count). The van der Waals surface area contributed by atoms with Crippen LogP contribution in [0.1, 0.15) is 37.7 Å². The lowest BCUT2D eigenvalue weighted by molar-refractivity contribution is 0.141. The average Bonchev–Trinajstić information content (AvgIpc) is 3.58. The van der Waals surface area contributed by atoms with E-state index in [1.54, 1.807) is 6.20 Å². The molecule has 8 heteroatoms. The molecule has 38 heavy (non-hydrogen) atoms. The normalized spacial score (nSPS) is 17.4. The van der Waals surface area contributed by atoms with E-state index < -0.39 is 0 Å². The zero-order valence-corrected chi connectivity index (χ0v) is 21.8. The van der Waals surface area contributed by atoms with Gasteiger partial charge >= 0.3 is 0 Å². The van der Waals surface area contributed by atoms with Gasteiger partial charge < -0.3 is 19.5 Å². The number of aromatic amines is 2. The van der Waals surface area contributed by atoms with Crippen LogP contribution in [0.4, 0.5) is 5.69 Å². The third kappa shape index (κ3) is 4.39. The van der Waals surface area contributed by atoms with Gasteiger partial charge in [0.05, 0.1) is 21.9 Å². The molecule has 2 aliphatic heterocycles. The second-order valence-corrected chi connectivity index (χ2v) is 10.6. The number of benzene rings is 2. The number of hydrogen-bond acceptors (Lipinski definition) is 6. The highest BCUT2D eigenvalue weighted by Gasteiger charge is 2.26. The number of anilines is 1. The summed E-state index contributed by atoms with van der Waals surface area (Å²) in [6, 6.07) is 17.1. The highest BCUT2D eigenvalue weighted by molar-refractivity contribution is 5.97. The third-order valence-corrected chi connectivity index (χ3v) is 8.08. The molecule has 0 saturated carbocycles. The minimum Gasteiger partial charge on any atom is -0.438 e. The smallest absolute Gasteiger partial charge is 0.219 e. The summed E-state index contributed by atoms with van der Waals surface area (Å²) in [7, 11) is 0. The van der Waals surface area contributed by atoms with Gasteiger partial charge in [-0.1, -0.05) is 12.5 Å². The van der Waals surface area contributed by atoms with Gasteiger partial charge in [-0.25, -0.2) is 9.97 Å². The number of aromatic nitrogens is 5. The van der Waals surface area contributed by atoms with Crippen molar-refractivity contribution in [3.05, 3.63) is 60.3 Å². The van der Waals surface area contributed by atoms with Crippen molar-refractivity contribution in [2.24, 2.45) is 0 Å². The maximum absolute atomic E-state index is 6.19. The maximum atomic E-state index is 6.19. The standard InChI is InChI=1S/C30H33N7O/c1-20-10-13-31-27(18-20)38-26-7-5-6-24-28(26)29(35-34-24)30-32-23-9-8-22(19-25(23)33-30)37-16-11-21(12-17-37)36-14-3-2-4-15-36/h5-10,13,18-19,21H,2-4,11-12,14-17H2,1H3,(H,32,33)(H,34,35). The van der Waals surface area contributed by atoms with Crippen LogP contribution < -0.4 is 9.64 Å². The van der Waals surface area contributed by atoms with E-state index in [-0.39, 0.29) is 0 Å². The summed E-state index contributed by atoms with van der Waals surface area (Å²) in [6.45, 7) is 6.79. The van der Waals surface area contributed by atoms with E-state index in [0.717, 1.165) is 58.1 Å². The van der Waals surface area contributed by atoms with Crippen LogP contribution in [0.15, 0.2) is 54.7 Å². The Morgan fingerprint density at radius 2 is 1.79 bits per heavy atom. The number of piperidine rings is 2. The first-order valence-corrected chi connectivity index (χ1v) is 13.8. The number of nitrogens with one attached hydrogen (secondary N) is 2. The molecule has 2 fully saturated rings. The van der Waals surface area contributed by atoms with Gasteiger partial charge in [0.25, 0.3) is 0 Å². The fraction of sp³-hybridized carbons (Fsp3) is 0.367. The summed E-state index contributed by atoms with van der Waals surface area (Å²) in [5.41, 5.74) is 5.93. The van der Waals surface area contributed by atoms with E-state index in [1.807, 2.05) is 37.3 Å². The number of hydrogen-bond donors (Lipinski definition) is 2. The Hall–Kier alpha value is -3.91. The molecule has 2 aliphatic rings. The Kier molecular flexibility index (Phi) is 5.96. The zero-order valence-electron chi connectivity index (χ0n) is 21.8. The van der Waals surface area contributed by atoms with Crippen LogP contribution in [0, 0.1) is 6.92 Å². The first kappa shape index (κ1) is 23.2. The Morgan fingerprint density at radius 3 is 2.63 bits per heavy atom. The van der Waals surface area contributed by atoms with Crippen LogP contribution in [0.2, 0.25) is 0 Å². The summed E-state index contributed by atoms with van der Waals surface area (Å²) in [6.07, 6.45) is 8.36. The Balaban J connectivity index is 1.15. The third-order valence-electron chi connectivity index (χ3n) is 8.08. The van der Waals surface area contributed by atoms with Crippen LogP contribution in [-0.4, -0.2) is 62.3 Å². The lowest BCUT2D eigenvalue weighted by Crippen LogP contribution is -2.46. The number of ether oxygens (including phenoxy) is 1. The fourth-order valence-electron chi connectivity index (χ4n) is 6.05. The molecule has 0 unspecified atom stereocenters. The number of imidazole rings is 1. The number of rotatable bonds is 5. The van der Waals surface area contributed by atoms with Gasteiger partial charge in [0.1, 0.15) is 11.4 Å². The molecule has 0 aliphatic carbocycles. The Morgan fingerprint density at radius 1 is 0.921 bits per heavy atom. The topological polar surface area (TPSA) is 86.0 Å². The van der Waals surface area contributed by atoms with Crippen molar-refractivity contribution in [2.75, 3.05) is 31.1 Å². The SMILES string of the molecule is Cc1ccnc(Oc2cccc3[nH]nc(-c4nc5ccc(N6CCC(N7CCCCC7)CC6)cc5[nH]4)c23)c1. The quantitative estimate of drug-likeness (QED) is 0.301. The van der Waals surface area contributed by atoms with Gasteiger partial charge in [0, 0.05) is 37.1 Å². The van der Waals surface area contributed by atoms with Gasteiger partial charge in [0.15, 0.2) is 5.82 Å². The first-order valence-electron chi connectivity index (χ1n) is 13.8. The number of H-pyrrole nitrogens is 2. The summed E-state index contributed by atoms with van der Waals surface area (Å²) < 4.78 is 6.19. The van der Waals surface area contributed by atoms with E-state index in [2.05, 4.69) is 48.2 Å². The fourth-order valence-corrected chi connectivity index (χ4v) is 6.05. The molecule has 194 valence electrons. The predicted octanol–water partition coefficient (Wildman–Crippen LogP) is 6.06. The van der Waals surface area contributed by atoms with Crippen LogP contribution >= 0.6 is 0 Å². The molecule has 5 aromatic rings. The first-order chi connectivity index (χ1) is 18.7. The molecule has 8 nitrogen and oxygen atoms in total. The van der Waals surface area contributed by atoms with Crippen molar-refractivity contribution >= 4 is 27.6 Å². The van der Waals surface area contributed by atoms with Crippen LogP contribution in [0.3, 0.4) is 0 Å². The molecule has 2 N–H and O–H groups in total. The summed E-state index contributed by atoms with van der Waals surface area (Å²) in [4.78, 5) is 18.0. The van der Waals surface area contributed by atoms with Gasteiger partial charge in [-0.2, -0.15) is 5.10 Å². The van der Waals surface area contributed by atoms with Crippen molar-refractivity contribution in [3.63, 3.8) is 0 Å². The largest absolute Gasteiger partial charge is 0.438 e. The zero-order chi connectivity index (χ0) is 25.5. The highest BCUT2D eigenvalue weighted by Crippen LogP contribution is 2.36. The van der Waals surface area contributed by atoms with Crippen molar-refractivity contribution in [1.82, 2.24) is 30.0 Å². The molecular formula is C30H33N7O. The minimum absolute atomic E-state index is 0.558. The minimum atomic E-state index is 0.558. The molecule has 2 saturated heterocycles. The number of fused-ring (bicyclic) bond motifs is 2. The molecule has 0 spiro atoms. The molecule has 0 amide bonds. The number of aryl methyl sites for hydroxylation is 1. The van der Waals surface area contributed by atoms with Crippen LogP contribution in [0.25, 0.3) is 33.5 Å². The monoisotopic (exact) mass is 507 g/mol. The second-order valence-electron chi connectivity index (χ2n) is 10.6. The number of nitrogens with zero attached hydrogens (tertiary/aromatic N) is 5. The van der Waals surface area contributed by atoms with E-state index in [0.29, 0.717) is 11.6 Å². The number of pyridine rings is 1. The van der Waals surface area contributed by atoms with Gasteiger partial charge in [-0.05, 0) is 87.7 Å². The van der Waals surface area contributed by atoms with E-state index in [9.17, 15) is 0 Å². The average molecular weight is 508 g/mol. The van der Waals surface area contributed by atoms with Crippen LogP contribution in [-0.2, 0) is 0 Å². The molecule has 0 radical (unpaired) electrons. The number of likely N-dealkylation sites (tertiary alicyclic amines) is 1. The molecule has 2 aromatic carbocycles. The van der Waals surface area contributed by atoms with E-state index >= 15 is 0 Å². The van der Waals surface area contributed by atoms with Gasteiger partial charge in [-0.3, -0.25) is 5.10 Å². The highest BCUT2D eigenvalue weighted by atomic mass is 16.5. The second kappa shape index (κ2) is 9.76. The van der Waals surface area contributed by atoms with Gasteiger partial charge in [0.2, 0.25) is 5.88 Å². The van der Waals surface area contributed by atoms with Gasteiger partial charge in [-0.15, -0.1) is 0 Å². The van der Waals surface area contributed by atoms with Crippen molar-refractivity contribution in [2.45, 2.75) is 45.1 Å². The molecule has 3 aromatic heterocycles. The molecular weight excluding hydrogens is 474 g/mol. The summed E-state index contributed by atoms with van der Waals surface area (Å²) >= 11 is 0. The van der Waals surface area contributed by atoms with E-state index in [4.69, 9.17) is 9.72 Å². The summed E-state index contributed by atoms with van der Waals surface area (Å²) in [5.74, 6) is 1.98.